The largest absolute Gasteiger partial charge is 0.208 e. The summed E-state index contributed by atoms with van der Waals surface area (Å²) < 4.78 is 0. The predicted molar refractivity (Wildman–Crippen MR) is 237 cm³/mol. The van der Waals surface area contributed by atoms with Gasteiger partial charge in [0, 0.05) is 33.4 Å². The van der Waals surface area contributed by atoms with Crippen molar-refractivity contribution in [3.05, 3.63) is 181 Å². The summed E-state index contributed by atoms with van der Waals surface area (Å²) in [7, 11) is 0. The highest BCUT2D eigenvalue weighted by Crippen LogP contribution is 2.55. The lowest BCUT2D eigenvalue weighted by molar-refractivity contribution is 0.419. The molecule has 11 rings (SSSR count). The molecule has 0 aliphatic heterocycles. The lowest BCUT2D eigenvalue weighted by Crippen LogP contribution is -2.19. The average Bonchev–Trinajstić information content (AvgIpc) is 3.95. The Kier molecular flexibility index (Phi) is 8.69. The summed E-state index contributed by atoms with van der Waals surface area (Å²) >= 11 is 0. The van der Waals surface area contributed by atoms with Crippen molar-refractivity contribution < 1.29 is 0 Å². The molecule has 2 fully saturated rings. The first kappa shape index (κ1) is 35.0. The van der Waals surface area contributed by atoms with Gasteiger partial charge < -0.3 is 0 Å². The number of benzene rings is 7. The topological polar surface area (TPSA) is 77.3 Å². The maximum Gasteiger partial charge on any atom is 0.164 e. The Hall–Kier alpha value is -7.18. The van der Waals surface area contributed by atoms with Crippen molar-refractivity contribution >= 4 is 10.8 Å². The summed E-state index contributed by atoms with van der Waals surface area (Å²) in [5.41, 5.74) is 9.77. The molecular weight excluding hydrogens is 721 g/mol. The van der Waals surface area contributed by atoms with E-state index in [0.717, 1.165) is 61.2 Å². The summed E-state index contributed by atoms with van der Waals surface area (Å²) in [5.74, 6) is 4.82. The molecule has 2 saturated carbocycles. The fourth-order valence-corrected chi connectivity index (χ4v) is 9.39. The number of hydrogen-bond acceptors (Lipinski definition) is 6. The molecule has 59 heavy (non-hydrogen) atoms. The zero-order valence-corrected chi connectivity index (χ0v) is 32.5. The molecule has 0 saturated heterocycles. The van der Waals surface area contributed by atoms with Crippen LogP contribution in [0.1, 0.15) is 37.7 Å². The van der Waals surface area contributed by atoms with Crippen molar-refractivity contribution in [2.75, 3.05) is 0 Å². The molecule has 0 spiro atoms. The zero-order chi connectivity index (χ0) is 39.2. The number of nitrogens with zero attached hydrogens (tertiary/aromatic N) is 6. The van der Waals surface area contributed by atoms with Crippen LogP contribution in [-0.2, 0) is 5.41 Å². The maximum atomic E-state index is 5.19. The van der Waals surface area contributed by atoms with Crippen LogP contribution in [0.5, 0.6) is 0 Å². The van der Waals surface area contributed by atoms with Crippen LogP contribution in [0.3, 0.4) is 0 Å². The van der Waals surface area contributed by atoms with E-state index in [0.29, 0.717) is 40.4 Å². The van der Waals surface area contributed by atoms with Crippen molar-refractivity contribution in [1.82, 2.24) is 29.9 Å². The fraction of sp³-hybridized carbons (Fsp3) is 0.132. The van der Waals surface area contributed by atoms with Crippen molar-refractivity contribution in [2.24, 2.45) is 5.92 Å². The molecule has 282 valence electrons. The quantitative estimate of drug-likeness (QED) is 0.153. The van der Waals surface area contributed by atoms with Crippen molar-refractivity contribution in [2.45, 2.75) is 37.5 Å². The number of rotatable bonds is 8. The molecule has 0 amide bonds. The molecule has 9 aromatic rings. The monoisotopic (exact) mass is 760 g/mol. The van der Waals surface area contributed by atoms with Gasteiger partial charge in [0.05, 0.1) is 0 Å². The molecule has 0 radical (unpaired) electrons. The van der Waals surface area contributed by atoms with E-state index in [-0.39, 0.29) is 0 Å². The van der Waals surface area contributed by atoms with Gasteiger partial charge in [-0.25, -0.2) is 29.9 Å². The summed E-state index contributed by atoms with van der Waals surface area (Å²) in [4.78, 5) is 30.1. The minimum Gasteiger partial charge on any atom is -0.208 e. The van der Waals surface area contributed by atoms with Crippen LogP contribution in [0.4, 0.5) is 0 Å². The highest BCUT2D eigenvalue weighted by atomic mass is 15.0. The SMILES string of the molecule is c1ccc(-c2nc(-c3ccccc3)nc(-c3ccc(-c4ccc(-c5nc(-c6ccccc6)nc(-c6ccc(C78CCC(CC7)C8)cc6)n5)c5ccccc45)cc3)n2)cc1. The predicted octanol–water partition coefficient (Wildman–Crippen LogP) is 12.7. The third kappa shape index (κ3) is 6.57. The average molecular weight is 761 g/mol. The molecule has 7 aromatic carbocycles. The summed E-state index contributed by atoms with van der Waals surface area (Å²) in [6.07, 6.45) is 6.68. The summed E-state index contributed by atoms with van der Waals surface area (Å²) in [5, 5.41) is 2.20. The van der Waals surface area contributed by atoms with Crippen LogP contribution in [0.2, 0.25) is 0 Å². The Morgan fingerprint density at radius 2 is 0.678 bits per heavy atom. The van der Waals surface area contributed by atoms with E-state index < -0.39 is 0 Å². The second-order valence-electron chi connectivity index (χ2n) is 16.0. The van der Waals surface area contributed by atoms with Gasteiger partial charge in [-0.2, -0.15) is 0 Å². The first-order chi connectivity index (χ1) is 29.2. The van der Waals surface area contributed by atoms with E-state index in [2.05, 4.69) is 97.1 Å². The third-order valence-corrected chi connectivity index (χ3v) is 12.5. The van der Waals surface area contributed by atoms with Gasteiger partial charge in [0.25, 0.3) is 0 Å². The number of hydrogen-bond donors (Lipinski definition) is 0. The van der Waals surface area contributed by atoms with Gasteiger partial charge >= 0.3 is 0 Å². The minimum atomic E-state index is 0.355. The maximum absolute atomic E-state index is 5.19. The molecule has 2 heterocycles. The second kappa shape index (κ2) is 14.6. The fourth-order valence-electron chi connectivity index (χ4n) is 9.39. The van der Waals surface area contributed by atoms with E-state index in [1.165, 1.54) is 37.7 Å². The molecular formula is C53H40N6. The van der Waals surface area contributed by atoms with Crippen molar-refractivity contribution in [1.29, 1.82) is 0 Å². The molecule has 2 aliphatic carbocycles. The molecule has 0 atom stereocenters. The summed E-state index contributed by atoms with van der Waals surface area (Å²) in [6, 6.07) is 60.8. The Balaban J connectivity index is 0.971. The van der Waals surface area contributed by atoms with Crippen LogP contribution in [0.25, 0.3) is 90.2 Å². The van der Waals surface area contributed by atoms with Crippen molar-refractivity contribution in [3.8, 4) is 79.5 Å². The highest BCUT2D eigenvalue weighted by Gasteiger charge is 2.45. The molecule has 6 nitrogen and oxygen atoms in total. The molecule has 0 N–H and O–H groups in total. The molecule has 2 aliphatic rings. The molecule has 6 heteroatoms. The zero-order valence-electron chi connectivity index (χ0n) is 32.5. The van der Waals surface area contributed by atoms with Gasteiger partial charge in [-0.1, -0.05) is 170 Å². The first-order valence-electron chi connectivity index (χ1n) is 20.6. The van der Waals surface area contributed by atoms with Gasteiger partial charge in [0.2, 0.25) is 0 Å². The highest BCUT2D eigenvalue weighted by molar-refractivity contribution is 6.04. The van der Waals surface area contributed by atoms with Crippen molar-refractivity contribution in [3.63, 3.8) is 0 Å². The lowest BCUT2D eigenvalue weighted by Gasteiger charge is -2.27. The van der Waals surface area contributed by atoms with Gasteiger partial charge in [-0.3, -0.25) is 0 Å². The molecule has 2 aromatic heterocycles. The third-order valence-electron chi connectivity index (χ3n) is 12.5. The number of fused-ring (bicyclic) bond motifs is 3. The van der Waals surface area contributed by atoms with E-state index in [4.69, 9.17) is 29.9 Å². The lowest BCUT2D eigenvalue weighted by atomic mass is 9.77. The Morgan fingerprint density at radius 3 is 1.12 bits per heavy atom. The first-order valence-corrected chi connectivity index (χ1v) is 20.6. The molecule has 2 bridgehead atoms. The van der Waals surface area contributed by atoms with E-state index >= 15 is 0 Å². The van der Waals surface area contributed by atoms with E-state index in [9.17, 15) is 0 Å². The van der Waals surface area contributed by atoms with Crippen LogP contribution >= 0.6 is 0 Å². The van der Waals surface area contributed by atoms with Crippen LogP contribution in [-0.4, -0.2) is 29.9 Å². The van der Waals surface area contributed by atoms with E-state index in [1.807, 2.05) is 78.9 Å². The van der Waals surface area contributed by atoms with Gasteiger partial charge in [0.1, 0.15) is 0 Å². The van der Waals surface area contributed by atoms with Crippen LogP contribution in [0, 0.1) is 5.92 Å². The summed E-state index contributed by atoms with van der Waals surface area (Å²) in [6.45, 7) is 0. The normalized spacial score (nSPS) is 17.1. The smallest absolute Gasteiger partial charge is 0.164 e. The minimum absolute atomic E-state index is 0.355. The van der Waals surface area contributed by atoms with Crippen LogP contribution < -0.4 is 0 Å². The Bertz CT molecular complexity index is 2880. The van der Waals surface area contributed by atoms with Gasteiger partial charge in [-0.05, 0) is 77.0 Å². The van der Waals surface area contributed by atoms with Gasteiger partial charge in [0.15, 0.2) is 34.9 Å². The second-order valence-corrected chi connectivity index (χ2v) is 16.0. The van der Waals surface area contributed by atoms with Crippen LogP contribution in [0.15, 0.2) is 176 Å². The Labute approximate surface area is 343 Å². The Morgan fingerprint density at radius 1 is 0.322 bits per heavy atom. The molecule has 0 unspecified atom stereocenters. The van der Waals surface area contributed by atoms with E-state index in [1.54, 1.807) is 0 Å². The standard InChI is InChI=1S/C53H40N6/c1-4-12-37(13-5-1)47-54-48(38-14-6-2-7-15-38)56-50(55-47)40-22-20-36(21-23-40)43-28-29-46(45-19-11-10-18-44(43)45)52-58-49(39-16-8-3-9-17-39)57-51(59-52)41-24-26-42(27-25-41)53-32-30-35(34-53)31-33-53/h1-29,35H,30-34H2. The van der Waals surface area contributed by atoms with Gasteiger partial charge in [-0.15, -0.1) is 0 Å². The number of aromatic nitrogens is 6.